The van der Waals surface area contributed by atoms with Crippen molar-refractivity contribution in [2.24, 2.45) is 0 Å². The molecule has 0 amide bonds. The first-order valence-electron chi connectivity index (χ1n) is 4.85. The summed E-state index contributed by atoms with van der Waals surface area (Å²) in [5, 5.41) is 0. The van der Waals surface area contributed by atoms with Crippen molar-refractivity contribution >= 4 is 28.4 Å². The van der Waals surface area contributed by atoms with E-state index in [1.165, 1.54) is 11.1 Å². The normalized spacial score (nSPS) is 13.3. The van der Waals surface area contributed by atoms with Crippen molar-refractivity contribution in [3.05, 3.63) is 35.4 Å². The average molecular weight is 251 g/mol. The summed E-state index contributed by atoms with van der Waals surface area (Å²) in [6, 6.07) is 8.58. The Hall–Kier alpha value is 0.230. The molecule has 0 spiro atoms. The van der Waals surface area contributed by atoms with Crippen LogP contribution in [0.3, 0.4) is 0 Å². The summed E-state index contributed by atoms with van der Waals surface area (Å²) in [7, 11) is 0. The van der Waals surface area contributed by atoms with Gasteiger partial charge in [0, 0.05) is 0 Å². The van der Waals surface area contributed by atoms with E-state index in [4.69, 9.17) is 22.5 Å². The van der Waals surface area contributed by atoms with E-state index in [2.05, 4.69) is 38.1 Å². The Bertz CT molecular complexity index is 285. The number of hydrogen-bond donors (Lipinski definition) is 0. The van der Waals surface area contributed by atoms with Gasteiger partial charge in [0.1, 0.15) is 0 Å². The summed E-state index contributed by atoms with van der Waals surface area (Å²) in [6.07, 6.45) is 0.828. The maximum absolute atomic E-state index is 6.07. The van der Waals surface area contributed by atoms with E-state index in [0.717, 1.165) is 6.16 Å². The number of hydrogen-bond acceptors (Lipinski definition) is 0. The summed E-state index contributed by atoms with van der Waals surface area (Å²) in [5.74, 6) is -1.42. The van der Waals surface area contributed by atoms with Gasteiger partial charge in [0.05, 0.1) is 0 Å². The molecule has 1 aromatic rings. The molecule has 80 valence electrons. The molecule has 0 saturated carbocycles. The van der Waals surface area contributed by atoms with Crippen molar-refractivity contribution in [3.63, 3.8) is 0 Å². The zero-order valence-corrected chi connectivity index (χ0v) is 11.4. The van der Waals surface area contributed by atoms with E-state index in [9.17, 15) is 0 Å². The standard InChI is InChI=1S/C11H17Cl2P/c1-9(2)11-6-4-10(5-7-11)8-14(3,12)13/h4-7,9,14H,8H2,1-3H3. The minimum absolute atomic E-state index is 0.583. The second kappa shape index (κ2) is 4.84. The zero-order chi connectivity index (χ0) is 10.8. The third-order valence-corrected chi connectivity index (χ3v) is 3.99. The summed E-state index contributed by atoms with van der Waals surface area (Å²) in [6.45, 7) is 6.33. The molecule has 0 radical (unpaired) electrons. The van der Waals surface area contributed by atoms with Crippen molar-refractivity contribution < 1.29 is 0 Å². The van der Waals surface area contributed by atoms with Gasteiger partial charge in [-0.15, -0.1) is 0 Å². The Balaban J connectivity index is 2.74. The second-order valence-corrected chi connectivity index (χ2v) is 12.2. The predicted octanol–water partition coefficient (Wildman–Crippen LogP) is 5.00. The van der Waals surface area contributed by atoms with Gasteiger partial charge in [-0.3, -0.25) is 0 Å². The van der Waals surface area contributed by atoms with Crippen LogP contribution in [0.15, 0.2) is 24.3 Å². The Morgan fingerprint density at radius 2 is 1.64 bits per heavy atom. The van der Waals surface area contributed by atoms with Crippen molar-refractivity contribution in [2.75, 3.05) is 6.66 Å². The summed E-state index contributed by atoms with van der Waals surface area (Å²) < 4.78 is 0. The van der Waals surface area contributed by atoms with Gasteiger partial charge < -0.3 is 0 Å². The van der Waals surface area contributed by atoms with Crippen LogP contribution in [0.4, 0.5) is 0 Å². The van der Waals surface area contributed by atoms with Gasteiger partial charge in [-0.25, -0.2) is 0 Å². The Morgan fingerprint density at radius 3 is 2.00 bits per heavy atom. The average Bonchev–Trinajstić information content (AvgIpc) is 2.02. The molecule has 0 aromatic heterocycles. The molecule has 0 aliphatic rings. The van der Waals surface area contributed by atoms with Crippen LogP contribution in [0.2, 0.25) is 0 Å². The molecule has 0 saturated heterocycles. The maximum atomic E-state index is 6.07. The Kier molecular flexibility index (Phi) is 4.25. The molecular formula is C11H17Cl2P. The molecule has 0 aliphatic carbocycles. The van der Waals surface area contributed by atoms with Crippen LogP contribution < -0.4 is 0 Å². The molecule has 0 aliphatic heterocycles. The van der Waals surface area contributed by atoms with Crippen LogP contribution in [0, 0.1) is 0 Å². The fourth-order valence-corrected chi connectivity index (χ4v) is 3.26. The van der Waals surface area contributed by atoms with Gasteiger partial charge >= 0.3 is 96.4 Å². The third-order valence-electron chi connectivity index (χ3n) is 2.16. The van der Waals surface area contributed by atoms with Crippen LogP contribution >= 0.6 is 28.4 Å². The molecule has 0 N–H and O–H groups in total. The van der Waals surface area contributed by atoms with Gasteiger partial charge in [-0.05, 0) is 0 Å². The quantitative estimate of drug-likeness (QED) is 0.663. The molecule has 1 rings (SSSR count). The van der Waals surface area contributed by atoms with Crippen molar-refractivity contribution in [3.8, 4) is 0 Å². The topological polar surface area (TPSA) is 0 Å². The van der Waals surface area contributed by atoms with E-state index >= 15 is 0 Å². The van der Waals surface area contributed by atoms with Gasteiger partial charge in [0.15, 0.2) is 0 Å². The molecule has 3 heteroatoms. The SMILES string of the molecule is CC(C)c1ccc(C[PH](C)(Cl)Cl)cc1. The number of benzene rings is 1. The molecule has 0 bridgehead atoms. The van der Waals surface area contributed by atoms with Crippen LogP contribution in [0.1, 0.15) is 30.9 Å². The first-order valence-corrected chi connectivity index (χ1v) is 9.58. The predicted molar refractivity (Wildman–Crippen MR) is 70.2 cm³/mol. The number of rotatable bonds is 3. The van der Waals surface area contributed by atoms with E-state index in [0.29, 0.717) is 5.92 Å². The van der Waals surface area contributed by atoms with Crippen LogP contribution in [-0.4, -0.2) is 6.66 Å². The molecule has 0 unspecified atom stereocenters. The summed E-state index contributed by atoms with van der Waals surface area (Å²) >= 11 is 12.1. The van der Waals surface area contributed by atoms with Crippen molar-refractivity contribution in [1.82, 2.24) is 0 Å². The van der Waals surface area contributed by atoms with Crippen LogP contribution in [0.5, 0.6) is 0 Å². The van der Waals surface area contributed by atoms with E-state index in [1.807, 2.05) is 6.66 Å². The van der Waals surface area contributed by atoms with E-state index in [-0.39, 0.29) is 0 Å². The van der Waals surface area contributed by atoms with Gasteiger partial charge in [0.25, 0.3) is 0 Å². The van der Waals surface area contributed by atoms with Crippen LogP contribution in [0.25, 0.3) is 0 Å². The fourth-order valence-electron chi connectivity index (χ4n) is 1.38. The molecule has 1 aromatic carbocycles. The van der Waals surface area contributed by atoms with Gasteiger partial charge in [0.2, 0.25) is 0 Å². The minimum atomic E-state index is -2.00. The number of halogens is 2. The van der Waals surface area contributed by atoms with Crippen molar-refractivity contribution in [2.45, 2.75) is 25.9 Å². The van der Waals surface area contributed by atoms with Crippen LogP contribution in [-0.2, 0) is 6.16 Å². The van der Waals surface area contributed by atoms with E-state index < -0.39 is 5.97 Å². The molecule has 0 fully saturated rings. The summed E-state index contributed by atoms with van der Waals surface area (Å²) in [5.41, 5.74) is 2.61. The molecule has 14 heavy (non-hydrogen) atoms. The van der Waals surface area contributed by atoms with Gasteiger partial charge in [-0.2, -0.15) is 0 Å². The fraction of sp³-hybridized carbons (Fsp3) is 0.455. The summed E-state index contributed by atoms with van der Waals surface area (Å²) in [4.78, 5) is 0. The van der Waals surface area contributed by atoms with Crippen molar-refractivity contribution in [1.29, 1.82) is 0 Å². The Morgan fingerprint density at radius 1 is 1.14 bits per heavy atom. The van der Waals surface area contributed by atoms with E-state index in [1.54, 1.807) is 0 Å². The monoisotopic (exact) mass is 250 g/mol. The molecule has 0 atom stereocenters. The first-order chi connectivity index (χ1) is 6.38. The molecular weight excluding hydrogens is 234 g/mol. The third kappa shape index (κ3) is 4.17. The van der Waals surface area contributed by atoms with Gasteiger partial charge in [-0.1, -0.05) is 0 Å². The molecule has 0 heterocycles. The zero-order valence-electron chi connectivity index (χ0n) is 8.85. The second-order valence-electron chi connectivity index (χ2n) is 4.14. The first kappa shape index (κ1) is 12.3. The Labute approximate surface area is 96.5 Å². The molecule has 0 nitrogen and oxygen atoms in total.